The third-order valence-corrected chi connectivity index (χ3v) is 7.07. The second-order valence-electron chi connectivity index (χ2n) is 9.25. The van der Waals surface area contributed by atoms with Crippen molar-refractivity contribution in [3.63, 3.8) is 0 Å². The van der Waals surface area contributed by atoms with Gasteiger partial charge in [0, 0.05) is 31.0 Å². The van der Waals surface area contributed by atoms with Crippen LogP contribution in [0.4, 0.5) is 15.9 Å². The number of anilines is 2. The summed E-state index contributed by atoms with van der Waals surface area (Å²) in [6.07, 6.45) is 4.91. The Morgan fingerprint density at radius 1 is 1.26 bits per heavy atom. The first-order chi connectivity index (χ1) is 18.3. The third kappa shape index (κ3) is 5.13. The van der Waals surface area contributed by atoms with Crippen molar-refractivity contribution in [2.45, 2.75) is 20.4 Å². The molecule has 1 amide bonds. The Kier molecular flexibility index (Phi) is 7.15. The number of nitrogens with zero attached hydrogens (tertiary/aromatic N) is 4. The van der Waals surface area contributed by atoms with Gasteiger partial charge in [-0.05, 0) is 49.6 Å². The molecule has 0 saturated heterocycles. The largest absolute Gasteiger partial charge is 0.452 e. The lowest BCUT2D eigenvalue weighted by Gasteiger charge is -2.20. The average Bonchev–Trinajstić information content (AvgIpc) is 3.54. The van der Waals surface area contributed by atoms with Crippen LogP contribution in [-0.2, 0) is 11.3 Å². The van der Waals surface area contributed by atoms with E-state index in [0.29, 0.717) is 41.4 Å². The molecule has 0 aliphatic carbocycles. The van der Waals surface area contributed by atoms with Crippen LogP contribution >= 0.6 is 23.1 Å². The van der Waals surface area contributed by atoms with Crippen molar-refractivity contribution in [1.29, 1.82) is 0 Å². The molecule has 5 aromatic rings. The lowest BCUT2D eigenvalue weighted by molar-refractivity contribution is -0.131. The molecular formula is C26H24ClFN6O3S. The van der Waals surface area contributed by atoms with Gasteiger partial charge in [-0.25, -0.2) is 14.4 Å². The van der Waals surface area contributed by atoms with Gasteiger partial charge in [-0.15, -0.1) is 0 Å². The molecule has 3 heterocycles. The molecule has 0 unspecified atom stereocenters. The number of fused-ring (bicyclic) bond motifs is 2. The SMILES string of the molecule is CC(C)(CO)C(=O)NCCn1ccc2ncnc(Nc3cc(F)c(Oc4cccc5sncc45)c(Cl)c3)c21. The maximum absolute atomic E-state index is 15.2. The third-order valence-electron chi connectivity index (χ3n) is 6.03. The van der Waals surface area contributed by atoms with Crippen molar-refractivity contribution >= 4 is 61.7 Å². The summed E-state index contributed by atoms with van der Waals surface area (Å²) in [7, 11) is 0. The van der Waals surface area contributed by atoms with E-state index in [4.69, 9.17) is 16.3 Å². The van der Waals surface area contributed by atoms with Gasteiger partial charge in [-0.2, -0.15) is 4.37 Å². The lowest BCUT2D eigenvalue weighted by atomic mass is 9.94. The van der Waals surface area contributed by atoms with Crippen LogP contribution in [0.3, 0.4) is 0 Å². The predicted molar refractivity (Wildman–Crippen MR) is 146 cm³/mol. The Morgan fingerprint density at radius 2 is 2.11 bits per heavy atom. The molecular weight excluding hydrogens is 531 g/mol. The summed E-state index contributed by atoms with van der Waals surface area (Å²) in [4.78, 5) is 20.9. The number of ether oxygens (including phenoxy) is 1. The molecule has 5 rings (SSSR count). The Balaban J connectivity index is 1.36. The number of hydrogen-bond donors (Lipinski definition) is 3. The molecule has 0 saturated carbocycles. The summed E-state index contributed by atoms with van der Waals surface area (Å²) in [6, 6.07) is 10.1. The highest BCUT2D eigenvalue weighted by molar-refractivity contribution is 7.13. The Morgan fingerprint density at radius 3 is 2.89 bits per heavy atom. The van der Waals surface area contributed by atoms with E-state index in [1.165, 1.54) is 23.9 Å². The topological polar surface area (TPSA) is 114 Å². The van der Waals surface area contributed by atoms with Crippen LogP contribution < -0.4 is 15.4 Å². The minimum Gasteiger partial charge on any atom is -0.452 e. The number of halogens is 2. The number of rotatable bonds is 9. The van der Waals surface area contributed by atoms with Gasteiger partial charge in [0.1, 0.15) is 17.6 Å². The van der Waals surface area contributed by atoms with Crippen LogP contribution in [0.5, 0.6) is 11.5 Å². The van der Waals surface area contributed by atoms with E-state index in [-0.39, 0.29) is 23.3 Å². The molecule has 3 aromatic heterocycles. The summed E-state index contributed by atoms with van der Waals surface area (Å²) in [5.41, 5.74) is 0.854. The van der Waals surface area contributed by atoms with Crippen LogP contribution in [0.2, 0.25) is 5.02 Å². The van der Waals surface area contributed by atoms with Gasteiger partial charge in [0.15, 0.2) is 17.4 Å². The molecule has 12 heteroatoms. The van der Waals surface area contributed by atoms with E-state index in [0.717, 1.165) is 10.1 Å². The van der Waals surface area contributed by atoms with Gasteiger partial charge in [-0.3, -0.25) is 4.79 Å². The highest BCUT2D eigenvalue weighted by atomic mass is 35.5. The highest BCUT2D eigenvalue weighted by Crippen LogP contribution is 2.38. The summed E-state index contributed by atoms with van der Waals surface area (Å²) >= 11 is 7.76. The van der Waals surface area contributed by atoms with Gasteiger partial charge in [0.2, 0.25) is 5.91 Å². The van der Waals surface area contributed by atoms with Crippen molar-refractivity contribution in [3.8, 4) is 11.5 Å². The van der Waals surface area contributed by atoms with Crippen molar-refractivity contribution in [2.24, 2.45) is 5.41 Å². The number of aliphatic hydroxyl groups excluding tert-OH is 1. The molecule has 0 radical (unpaired) electrons. The standard InChI is InChI=1S/C26H24ClFN6O3S/c1-26(2,13-35)25(36)29-7-9-34-8-6-19-22(34)24(31-14-30-19)33-15-10-17(27)23(18(28)11-15)37-20-4-3-5-21-16(20)12-32-38-21/h3-6,8,10-12,14,35H,7,9,13H2,1-2H3,(H,29,36)(H,30,31,33). The second-order valence-corrected chi connectivity index (χ2v) is 10.5. The average molecular weight is 555 g/mol. The molecule has 0 fully saturated rings. The smallest absolute Gasteiger partial charge is 0.228 e. The number of benzene rings is 2. The number of carbonyl (C=O) groups is 1. The van der Waals surface area contributed by atoms with Crippen molar-refractivity contribution < 1.29 is 19.0 Å². The van der Waals surface area contributed by atoms with Crippen LogP contribution in [0.15, 0.2) is 55.1 Å². The van der Waals surface area contributed by atoms with Gasteiger partial charge < -0.3 is 25.0 Å². The van der Waals surface area contributed by atoms with Gasteiger partial charge in [0.25, 0.3) is 0 Å². The van der Waals surface area contributed by atoms with Crippen LogP contribution in [0.25, 0.3) is 21.1 Å². The van der Waals surface area contributed by atoms with E-state index in [9.17, 15) is 9.90 Å². The molecule has 0 atom stereocenters. The lowest BCUT2D eigenvalue weighted by Crippen LogP contribution is -2.40. The highest BCUT2D eigenvalue weighted by Gasteiger charge is 2.26. The molecule has 9 nitrogen and oxygen atoms in total. The molecule has 2 aromatic carbocycles. The van der Waals surface area contributed by atoms with E-state index in [2.05, 4.69) is 25.0 Å². The van der Waals surface area contributed by atoms with E-state index < -0.39 is 11.2 Å². The first-order valence-corrected chi connectivity index (χ1v) is 12.9. The zero-order valence-corrected chi connectivity index (χ0v) is 22.1. The van der Waals surface area contributed by atoms with Gasteiger partial charge in [-0.1, -0.05) is 17.7 Å². The Bertz CT molecular complexity index is 1610. The summed E-state index contributed by atoms with van der Waals surface area (Å²) in [5, 5.41) is 16.2. The Labute approximate surface area is 226 Å². The molecule has 196 valence electrons. The fourth-order valence-electron chi connectivity index (χ4n) is 3.84. The van der Waals surface area contributed by atoms with Crippen molar-refractivity contribution in [3.05, 3.63) is 66.0 Å². The Hall–Kier alpha value is -3.80. The summed E-state index contributed by atoms with van der Waals surface area (Å²) < 4.78 is 28.0. The minimum absolute atomic E-state index is 0.0857. The van der Waals surface area contributed by atoms with Gasteiger partial charge >= 0.3 is 0 Å². The quantitative estimate of drug-likeness (QED) is 0.220. The summed E-state index contributed by atoms with van der Waals surface area (Å²) in [5.74, 6) is -0.0726. The number of nitrogens with one attached hydrogen (secondary N) is 2. The van der Waals surface area contributed by atoms with Crippen molar-refractivity contribution in [2.75, 3.05) is 18.5 Å². The first-order valence-electron chi connectivity index (χ1n) is 11.7. The molecule has 0 bridgehead atoms. The number of amides is 1. The minimum atomic E-state index is -0.874. The maximum Gasteiger partial charge on any atom is 0.228 e. The monoisotopic (exact) mass is 554 g/mol. The van der Waals surface area contributed by atoms with E-state index in [1.54, 1.807) is 32.2 Å². The first kappa shape index (κ1) is 25.8. The predicted octanol–water partition coefficient (Wildman–Crippen LogP) is 5.50. The van der Waals surface area contributed by atoms with Crippen LogP contribution in [-0.4, -0.2) is 43.1 Å². The summed E-state index contributed by atoms with van der Waals surface area (Å²) in [6.45, 7) is 3.85. The number of hydrogen-bond acceptors (Lipinski definition) is 8. The number of carbonyl (C=O) groups excluding carboxylic acids is 1. The normalized spacial score (nSPS) is 11.7. The molecule has 0 aliphatic heterocycles. The van der Waals surface area contributed by atoms with Gasteiger partial charge in [0.05, 0.1) is 38.8 Å². The maximum atomic E-state index is 15.2. The van der Waals surface area contributed by atoms with Crippen molar-refractivity contribution in [1.82, 2.24) is 24.2 Å². The fraction of sp³-hybridized carbons (Fsp3) is 0.231. The van der Waals surface area contributed by atoms with Crippen LogP contribution in [0, 0.1) is 11.2 Å². The molecule has 3 N–H and O–H groups in total. The zero-order valence-electron chi connectivity index (χ0n) is 20.5. The number of aromatic nitrogens is 4. The molecule has 38 heavy (non-hydrogen) atoms. The van der Waals surface area contributed by atoms with Crippen LogP contribution in [0.1, 0.15) is 13.8 Å². The van der Waals surface area contributed by atoms with E-state index in [1.807, 2.05) is 29.0 Å². The second kappa shape index (κ2) is 10.5. The molecule has 0 spiro atoms. The number of aliphatic hydroxyl groups is 1. The molecule has 0 aliphatic rings. The van der Waals surface area contributed by atoms with E-state index >= 15 is 4.39 Å². The fourth-order valence-corrected chi connectivity index (χ4v) is 4.75. The zero-order chi connectivity index (χ0) is 26.9.